The molecule has 0 saturated carbocycles. The van der Waals surface area contributed by atoms with Crippen LogP contribution in [0.2, 0.25) is 0 Å². The quantitative estimate of drug-likeness (QED) is 0.248. The van der Waals surface area contributed by atoms with Gasteiger partial charge in [0.15, 0.2) is 0 Å². The Balaban J connectivity index is 1.59. The van der Waals surface area contributed by atoms with E-state index < -0.39 is 4.92 Å². The van der Waals surface area contributed by atoms with Crippen molar-refractivity contribution in [1.82, 2.24) is 0 Å². The van der Waals surface area contributed by atoms with Crippen LogP contribution in [0.25, 0.3) is 0 Å². The van der Waals surface area contributed by atoms with Gasteiger partial charge in [0.25, 0.3) is 11.6 Å². The number of anilines is 2. The van der Waals surface area contributed by atoms with Crippen molar-refractivity contribution < 1.29 is 14.5 Å². The van der Waals surface area contributed by atoms with Crippen LogP contribution in [0.4, 0.5) is 17.1 Å². The number of para-hydroxylation sites is 1. The second-order valence-corrected chi connectivity index (χ2v) is 8.91. The molecule has 0 heterocycles. The first kappa shape index (κ1) is 24.0. The van der Waals surface area contributed by atoms with Crippen molar-refractivity contribution in [3.05, 3.63) is 93.5 Å². The topological polar surface area (TPSA) is 101 Å². The smallest absolute Gasteiger partial charge is 0.269 e. The molecular weight excluding hydrogens is 438 g/mol. The molecule has 1 atom stereocenters. The lowest BCUT2D eigenvalue weighted by Gasteiger charge is -2.16. The lowest BCUT2D eigenvalue weighted by molar-refractivity contribution is -0.384. The van der Waals surface area contributed by atoms with Crippen LogP contribution in [0, 0.1) is 17.0 Å². The van der Waals surface area contributed by atoms with Crippen LogP contribution in [0.5, 0.6) is 0 Å². The number of nitro benzene ring substituents is 1. The molecule has 3 aromatic rings. The van der Waals surface area contributed by atoms with Gasteiger partial charge in [0, 0.05) is 34.0 Å². The van der Waals surface area contributed by atoms with Gasteiger partial charge in [0.1, 0.15) is 0 Å². The molecule has 0 aliphatic carbocycles. The molecule has 0 fully saturated rings. The maximum absolute atomic E-state index is 12.7. The number of amides is 2. The lowest BCUT2D eigenvalue weighted by Crippen LogP contribution is -2.23. The monoisotopic (exact) mass is 463 g/mol. The number of benzene rings is 3. The maximum atomic E-state index is 12.7. The van der Waals surface area contributed by atoms with Crippen LogP contribution in [0.1, 0.15) is 35.3 Å². The Morgan fingerprint density at radius 2 is 1.67 bits per heavy atom. The number of hydrogen-bond donors (Lipinski definition) is 2. The van der Waals surface area contributed by atoms with Gasteiger partial charge in [-0.3, -0.25) is 19.7 Å². The number of non-ortho nitro benzene ring substituents is 1. The molecule has 1 unspecified atom stereocenters. The number of rotatable bonds is 8. The van der Waals surface area contributed by atoms with E-state index in [1.807, 2.05) is 44.2 Å². The van der Waals surface area contributed by atoms with Crippen molar-refractivity contribution in [2.24, 2.45) is 0 Å². The van der Waals surface area contributed by atoms with E-state index in [0.717, 1.165) is 28.1 Å². The molecule has 0 radical (unpaired) electrons. The predicted molar refractivity (Wildman–Crippen MR) is 132 cm³/mol. The van der Waals surface area contributed by atoms with Crippen LogP contribution < -0.4 is 10.6 Å². The summed E-state index contributed by atoms with van der Waals surface area (Å²) >= 11 is 1.43. The number of nitrogens with one attached hydrogen (secondary N) is 2. The van der Waals surface area contributed by atoms with Crippen LogP contribution in [-0.2, 0) is 11.2 Å². The van der Waals surface area contributed by atoms with Crippen LogP contribution in [-0.4, -0.2) is 22.0 Å². The Morgan fingerprint density at radius 3 is 2.27 bits per heavy atom. The Labute approximate surface area is 196 Å². The number of aryl methyl sites for hydroxylation is 2. The Bertz CT molecular complexity index is 1160. The van der Waals surface area contributed by atoms with Gasteiger partial charge in [0.2, 0.25) is 5.91 Å². The fraction of sp³-hybridized carbons (Fsp3) is 0.200. The van der Waals surface area contributed by atoms with Gasteiger partial charge >= 0.3 is 0 Å². The Morgan fingerprint density at radius 1 is 1.00 bits per heavy atom. The van der Waals surface area contributed by atoms with Crippen LogP contribution in [0.3, 0.4) is 0 Å². The second-order valence-electron chi connectivity index (χ2n) is 7.49. The number of hydrogen-bond acceptors (Lipinski definition) is 5. The van der Waals surface area contributed by atoms with Crippen molar-refractivity contribution in [1.29, 1.82) is 0 Å². The Kier molecular flexibility index (Phi) is 7.84. The zero-order valence-electron chi connectivity index (χ0n) is 18.6. The standard InChI is InChI=1S/C25H25N3O4S/c1-4-18-7-5-6-16(2)23(18)27-24(29)17(3)33-22-14-10-20(11-15-22)26-25(30)19-8-12-21(13-9-19)28(31)32/h5-15,17H,4H2,1-3H3,(H,26,30)(H,27,29). The highest BCUT2D eigenvalue weighted by Crippen LogP contribution is 2.27. The zero-order chi connectivity index (χ0) is 24.0. The minimum Gasteiger partial charge on any atom is -0.325 e. The number of carbonyl (C=O) groups is 2. The van der Waals surface area contributed by atoms with Gasteiger partial charge in [-0.2, -0.15) is 0 Å². The molecule has 3 rings (SSSR count). The van der Waals surface area contributed by atoms with Gasteiger partial charge in [-0.05, 0) is 67.8 Å². The summed E-state index contributed by atoms with van der Waals surface area (Å²) in [7, 11) is 0. The fourth-order valence-electron chi connectivity index (χ4n) is 3.24. The molecule has 8 heteroatoms. The molecular formula is C25H25N3O4S. The maximum Gasteiger partial charge on any atom is 0.269 e. The average Bonchev–Trinajstić information content (AvgIpc) is 2.81. The van der Waals surface area contributed by atoms with Crippen molar-refractivity contribution in [3.63, 3.8) is 0 Å². The minimum absolute atomic E-state index is 0.0699. The molecule has 0 aliphatic heterocycles. The summed E-state index contributed by atoms with van der Waals surface area (Å²) in [4.78, 5) is 36.2. The van der Waals surface area contributed by atoms with Crippen molar-refractivity contribution in [2.75, 3.05) is 10.6 Å². The third kappa shape index (κ3) is 6.20. The Hall–Kier alpha value is -3.65. The summed E-state index contributed by atoms with van der Waals surface area (Å²) in [5, 5.41) is 16.2. The molecule has 170 valence electrons. The third-order valence-electron chi connectivity index (χ3n) is 5.12. The summed E-state index contributed by atoms with van der Waals surface area (Å²) in [6, 6.07) is 18.6. The highest BCUT2D eigenvalue weighted by atomic mass is 32.2. The van der Waals surface area contributed by atoms with E-state index in [9.17, 15) is 19.7 Å². The average molecular weight is 464 g/mol. The summed E-state index contributed by atoms with van der Waals surface area (Å²) in [6.07, 6.45) is 0.839. The van der Waals surface area contributed by atoms with Crippen molar-refractivity contribution >= 4 is 40.6 Å². The van der Waals surface area contributed by atoms with E-state index in [0.29, 0.717) is 11.3 Å². The molecule has 0 bridgehead atoms. The van der Waals surface area contributed by atoms with Crippen LogP contribution in [0.15, 0.2) is 71.6 Å². The molecule has 3 aromatic carbocycles. The molecule has 2 amide bonds. The molecule has 2 N–H and O–H groups in total. The SMILES string of the molecule is CCc1cccc(C)c1NC(=O)C(C)Sc1ccc(NC(=O)c2ccc([N+](=O)[O-])cc2)cc1. The van der Waals surface area contributed by atoms with Gasteiger partial charge in [0.05, 0.1) is 10.2 Å². The number of carbonyl (C=O) groups excluding carboxylic acids is 2. The summed E-state index contributed by atoms with van der Waals surface area (Å²) < 4.78 is 0. The normalized spacial score (nSPS) is 11.5. The van der Waals surface area contributed by atoms with Crippen molar-refractivity contribution in [2.45, 2.75) is 37.3 Å². The first-order valence-electron chi connectivity index (χ1n) is 10.5. The van der Waals surface area contributed by atoms with Gasteiger partial charge < -0.3 is 10.6 Å². The molecule has 0 aliphatic rings. The summed E-state index contributed by atoms with van der Waals surface area (Å²) in [5.41, 5.74) is 3.86. The first-order chi connectivity index (χ1) is 15.8. The van der Waals surface area contributed by atoms with E-state index in [4.69, 9.17) is 0 Å². The molecule has 0 aromatic heterocycles. The lowest BCUT2D eigenvalue weighted by atomic mass is 10.1. The van der Waals surface area contributed by atoms with E-state index in [-0.39, 0.29) is 22.8 Å². The van der Waals surface area contributed by atoms with E-state index in [2.05, 4.69) is 17.6 Å². The first-order valence-corrected chi connectivity index (χ1v) is 11.4. The molecule has 0 spiro atoms. The zero-order valence-corrected chi connectivity index (χ0v) is 19.4. The highest BCUT2D eigenvalue weighted by Gasteiger charge is 2.17. The number of nitrogens with zero attached hydrogens (tertiary/aromatic N) is 1. The highest BCUT2D eigenvalue weighted by molar-refractivity contribution is 8.00. The minimum atomic E-state index is -0.511. The number of nitro groups is 1. The second kappa shape index (κ2) is 10.8. The van der Waals surface area contributed by atoms with Crippen molar-refractivity contribution in [3.8, 4) is 0 Å². The third-order valence-corrected chi connectivity index (χ3v) is 6.23. The summed E-state index contributed by atoms with van der Waals surface area (Å²) in [6.45, 7) is 5.90. The van der Waals surface area contributed by atoms with Gasteiger partial charge in [-0.25, -0.2) is 0 Å². The van der Waals surface area contributed by atoms with E-state index in [1.165, 1.54) is 36.0 Å². The molecule has 0 saturated heterocycles. The molecule has 7 nitrogen and oxygen atoms in total. The molecule has 33 heavy (non-hydrogen) atoms. The van der Waals surface area contributed by atoms with Gasteiger partial charge in [-0.15, -0.1) is 11.8 Å². The van der Waals surface area contributed by atoms with Gasteiger partial charge in [-0.1, -0.05) is 25.1 Å². The van der Waals surface area contributed by atoms with E-state index in [1.54, 1.807) is 12.1 Å². The summed E-state index contributed by atoms with van der Waals surface area (Å²) in [5.74, 6) is -0.428. The van der Waals surface area contributed by atoms with E-state index >= 15 is 0 Å². The van der Waals surface area contributed by atoms with Crippen LogP contribution >= 0.6 is 11.8 Å². The fourth-order valence-corrected chi connectivity index (χ4v) is 4.11. The largest absolute Gasteiger partial charge is 0.325 e. The number of thioether (sulfide) groups is 1. The predicted octanol–water partition coefficient (Wildman–Crippen LogP) is 5.84.